The molecule has 0 bridgehead atoms. The second kappa shape index (κ2) is 4.15. The zero-order valence-electron chi connectivity index (χ0n) is 7.53. The van der Waals surface area contributed by atoms with Gasteiger partial charge in [0.15, 0.2) is 9.84 Å². The highest BCUT2D eigenvalue weighted by atomic mass is 35.5. The summed E-state index contributed by atoms with van der Waals surface area (Å²) >= 11 is 0. The lowest BCUT2D eigenvalue weighted by atomic mass is 9.92. The Balaban J connectivity index is 0.000000845. The maximum absolute atomic E-state index is 11.3. The maximum atomic E-state index is 11.3. The van der Waals surface area contributed by atoms with Crippen molar-refractivity contribution in [2.24, 2.45) is 5.92 Å². The monoisotopic (exact) mass is 225 g/mol. The summed E-state index contributed by atoms with van der Waals surface area (Å²) in [6.45, 7) is 1.99. The number of sulfone groups is 1. The van der Waals surface area contributed by atoms with Crippen LogP contribution in [0.5, 0.6) is 0 Å². The van der Waals surface area contributed by atoms with Crippen molar-refractivity contribution in [3.8, 4) is 0 Å². The number of nitrogens with one attached hydrogen (secondary N) is 1. The van der Waals surface area contributed by atoms with Crippen LogP contribution in [0.4, 0.5) is 0 Å². The highest BCUT2D eigenvalue weighted by molar-refractivity contribution is 7.93. The topological polar surface area (TPSA) is 46.2 Å². The second-order valence-electron chi connectivity index (χ2n) is 3.78. The first-order valence-electron chi connectivity index (χ1n) is 4.62. The molecule has 2 fully saturated rings. The minimum Gasteiger partial charge on any atom is -0.317 e. The van der Waals surface area contributed by atoms with Crippen LogP contribution in [-0.4, -0.2) is 32.5 Å². The molecule has 2 rings (SSSR count). The summed E-state index contributed by atoms with van der Waals surface area (Å²) in [7, 11) is -2.65. The van der Waals surface area contributed by atoms with Gasteiger partial charge in [-0.15, -0.1) is 12.4 Å². The van der Waals surface area contributed by atoms with Crippen molar-refractivity contribution in [2.75, 3.05) is 18.8 Å². The van der Waals surface area contributed by atoms with Gasteiger partial charge < -0.3 is 5.32 Å². The lowest BCUT2D eigenvalue weighted by Gasteiger charge is -2.35. The van der Waals surface area contributed by atoms with Crippen LogP contribution in [-0.2, 0) is 9.84 Å². The van der Waals surface area contributed by atoms with Crippen molar-refractivity contribution in [2.45, 2.75) is 24.5 Å². The molecule has 1 atom stereocenters. The number of halogens is 1. The van der Waals surface area contributed by atoms with Crippen molar-refractivity contribution >= 4 is 22.2 Å². The van der Waals surface area contributed by atoms with E-state index in [1.54, 1.807) is 0 Å². The summed E-state index contributed by atoms with van der Waals surface area (Å²) in [4.78, 5) is 0. The van der Waals surface area contributed by atoms with Crippen molar-refractivity contribution < 1.29 is 8.42 Å². The molecule has 3 nitrogen and oxygen atoms in total. The van der Waals surface area contributed by atoms with Gasteiger partial charge in [0.05, 0.1) is 11.0 Å². The minimum atomic E-state index is -2.65. The summed E-state index contributed by atoms with van der Waals surface area (Å²) in [6.07, 6.45) is 3.00. The normalized spacial score (nSPS) is 33.1. The van der Waals surface area contributed by atoms with E-state index < -0.39 is 9.84 Å². The van der Waals surface area contributed by atoms with Gasteiger partial charge >= 0.3 is 0 Å². The van der Waals surface area contributed by atoms with E-state index in [2.05, 4.69) is 5.32 Å². The lowest BCUT2D eigenvalue weighted by Crippen LogP contribution is -2.45. The predicted octanol–water partition coefficient (Wildman–Crippen LogP) is 0.595. The van der Waals surface area contributed by atoms with Gasteiger partial charge in [0.2, 0.25) is 0 Å². The first kappa shape index (κ1) is 11.3. The van der Waals surface area contributed by atoms with Crippen LogP contribution < -0.4 is 5.32 Å². The Labute approximate surface area is 85.6 Å². The van der Waals surface area contributed by atoms with E-state index in [1.165, 1.54) is 0 Å². The molecule has 0 aromatic heterocycles. The quantitative estimate of drug-likeness (QED) is 0.711. The number of rotatable bonds is 1. The third-order valence-electron chi connectivity index (χ3n) is 3.06. The van der Waals surface area contributed by atoms with E-state index in [0.29, 0.717) is 11.7 Å². The molecule has 0 radical (unpaired) electrons. The number of hydrogen-bond acceptors (Lipinski definition) is 3. The molecule has 1 unspecified atom stereocenters. The Hall–Kier alpha value is 0.200. The molecule has 2 saturated heterocycles. The molecule has 0 aromatic carbocycles. The van der Waals surface area contributed by atoms with Gasteiger partial charge in [0, 0.05) is 0 Å². The van der Waals surface area contributed by atoms with Gasteiger partial charge in [-0.05, 0) is 38.3 Å². The van der Waals surface area contributed by atoms with E-state index >= 15 is 0 Å². The van der Waals surface area contributed by atoms with E-state index in [0.717, 1.165) is 32.4 Å². The fraction of sp³-hybridized carbons (Fsp3) is 1.00. The summed E-state index contributed by atoms with van der Waals surface area (Å²) in [5.74, 6) is 0.881. The maximum Gasteiger partial charge on any atom is 0.153 e. The average molecular weight is 226 g/mol. The number of piperidine rings is 1. The smallest absolute Gasteiger partial charge is 0.153 e. The molecular weight excluding hydrogens is 210 g/mol. The van der Waals surface area contributed by atoms with Crippen LogP contribution in [0.2, 0.25) is 0 Å². The van der Waals surface area contributed by atoms with Crippen LogP contribution >= 0.6 is 12.4 Å². The Kier molecular flexibility index (Phi) is 3.60. The first-order valence-corrected chi connectivity index (χ1v) is 6.34. The highest BCUT2D eigenvalue weighted by Gasteiger charge is 2.41. The largest absolute Gasteiger partial charge is 0.317 e. The fourth-order valence-corrected chi connectivity index (χ4v) is 3.94. The van der Waals surface area contributed by atoms with E-state index in [1.807, 2.05) is 0 Å². The Bertz CT molecular complexity index is 259. The molecular formula is C8H16ClNO2S. The summed E-state index contributed by atoms with van der Waals surface area (Å²) in [6, 6.07) is 0. The zero-order chi connectivity index (χ0) is 8.60. The molecule has 1 N–H and O–H groups in total. The molecule has 0 saturated carbocycles. The van der Waals surface area contributed by atoms with Crippen molar-refractivity contribution in [3.05, 3.63) is 0 Å². The molecule has 0 aromatic rings. The Morgan fingerprint density at radius 3 is 2.08 bits per heavy atom. The molecule has 2 aliphatic rings. The fourth-order valence-electron chi connectivity index (χ4n) is 2.19. The van der Waals surface area contributed by atoms with E-state index in [4.69, 9.17) is 0 Å². The van der Waals surface area contributed by atoms with Crippen LogP contribution in [0, 0.1) is 5.92 Å². The molecule has 5 heteroatoms. The minimum absolute atomic E-state index is 0. The van der Waals surface area contributed by atoms with Gasteiger partial charge in [-0.25, -0.2) is 8.42 Å². The van der Waals surface area contributed by atoms with Crippen LogP contribution in [0.25, 0.3) is 0 Å². The van der Waals surface area contributed by atoms with E-state index in [9.17, 15) is 8.42 Å². The highest BCUT2D eigenvalue weighted by Crippen LogP contribution is 2.32. The van der Waals surface area contributed by atoms with Gasteiger partial charge in [0.25, 0.3) is 0 Å². The zero-order valence-corrected chi connectivity index (χ0v) is 9.16. The summed E-state index contributed by atoms with van der Waals surface area (Å²) in [5.41, 5.74) is 0. The van der Waals surface area contributed by atoms with Crippen molar-refractivity contribution in [3.63, 3.8) is 0 Å². The molecule has 2 heterocycles. The standard InChI is InChI=1S/C8H15NO2S.ClH/c10-12(11)6-3-8(12)7-1-4-9-5-2-7;/h7-9H,1-6H2;1H. The van der Waals surface area contributed by atoms with Gasteiger partial charge in [-0.1, -0.05) is 0 Å². The Morgan fingerprint density at radius 2 is 1.69 bits per heavy atom. The van der Waals surface area contributed by atoms with Crippen LogP contribution in [0.1, 0.15) is 19.3 Å². The SMILES string of the molecule is Cl.O=S1(=O)CCC1C1CCNCC1. The third-order valence-corrected chi connectivity index (χ3v) is 5.41. The summed E-state index contributed by atoms with van der Waals surface area (Å²) < 4.78 is 22.6. The average Bonchev–Trinajstić information content (AvgIpc) is 2.05. The molecule has 0 aliphatic carbocycles. The van der Waals surface area contributed by atoms with Crippen LogP contribution in [0.3, 0.4) is 0 Å². The van der Waals surface area contributed by atoms with Crippen molar-refractivity contribution in [1.29, 1.82) is 0 Å². The Morgan fingerprint density at radius 1 is 1.08 bits per heavy atom. The molecule has 78 valence electrons. The third kappa shape index (κ3) is 2.17. The molecule has 13 heavy (non-hydrogen) atoms. The van der Waals surface area contributed by atoms with Crippen LogP contribution in [0.15, 0.2) is 0 Å². The molecule has 0 amide bonds. The molecule has 2 aliphatic heterocycles. The molecule has 0 spiro atoms. The van der Waals surface area contributed by atoms with Crippen molar-refractivity contribution in [1.82, 2.24) is 5.32 Å². The van der Waals surface area contributed by atoms with Gasteiger partial charge in [-0.2, -0.15) is 0 Å². The number of hydrogen-bond donors (Lipinski definition) is 1. The van der Waals surface area contributed by atoms with Gasteiger partial charge in [-0.3, -0.25) is 0 Å². The predicted molar refractivity (Wildman–Crippen MR) is 55.0 cm³/mol. The van der Waals surface area contributed by atoms with E-state index in [-0.39, 0.29) is 17.7 Å². The lowest BCUT2D eigenvalue weighted by molar-refractivity contribution is 0.337. The first-order chi connectivity index (χ1) is 5.70. The van der Waals surface area contributed by atoms with Gasteiger partial charge in [0.1, 0.15) is 0 Å². The summed E-state index contributed by atoms with van der Waals surface area (Å²) in [5, 5.41) is 3.26. The second-order valence-corrected chi connectivity index (χ2v) is 6.12.